The number of nitrogens with zero attached hydrogens (tertiary/aromatic N) is 10. The van der Waals surface area contributed by atoms with Crippen molar-refractivity contribution in [3.63, 3.8) is 0 Å². The Morgan fingerprint density at radius 1 is 0.210 bits per heavy atom. The fourth-order valence-electron chi connectivity index (χ4n) is 22.6. The fraction of sp³-hybridized carbons (Fsp3) is 0.0233. The summed E-state index contributed by atoms with van der Waals surface area (Å²) in [5.74, 6) is 1.87. The summed E-state index contributed by atoms with van der Waals surface area (Å²) in [5, 5.41) is 18.2. The summed E-state index contributed by atoms with van der Waals surface area (Å²) in [5.41, 5.74) is 31.3. The molecule has 670 valence electrons. The molecule has 0 unspecified atom stereocenters. The molecule has 1 aliphatic carbocycles. The van der Waals surface area contributed by atoms with Gasteiger partial charge in [-0.2, -0.15) is 15.0 Å². The van der Waals surface area contributed by atoms with Gasteiger partial charge in [0.25, 0.3) is 0 Å². The van der Waals surface area contributed by atoms with Crippen LogP contribution in [-0.2, 0) is 5.41 Å². The van der Waals surface area contributed by atoms with Crippen LogP contribution in [0, 0.1) is 0 Å². The third-order valence-electron chi connectivity index (χ3n) is 29.0. The van der Waals surface area contributed by atoms with Crippen molar-refractivity contribution in [2.24, 2.45) is 0 Å². The van der Waals surface area contributed by atoms with E-state index in [0.717, 1.165) is 155 Å². The van der Waals surface area contributed by atoms with Crippen molar-refractivity contribution in [2.45, 2.75) is 19.3 Å². The zero-order chi connectivity index (χ0) is 94.2. The number of hydrogen-bond acceptors (Lipinski definition) is 10. The lowest BCUT2D eigenvalue weighted by atomic mass is 9.82. The monoisotopic (exact) mass is 1850 g/mol. The molecular formula is C129H80N10O3S. The molecule has 31 rings (SSSR count). The Hall–Kier alpha value is -18.8. The van der Waals surface area contributed by atoms with Crippen molar-refractivity contribution in [1.82, 2.24) is 48.2 Å². The molecule has 0 aliphatic heterocycles. The van der Waals surface area contributed by atoms with E-state index in [-0.39, 0.29) is 5.41 Å². The summed E-state index contributed by atoms with van der Waals surface area (Å²) >= 11 is 1.84. The lowest BCUT2D eigenvalue weighted by Gasteiger charge is -2.22. The Kier molecular flexibility index (Phi) is 18.3. The number of para-hydroxylation sites is 11. The summed E-state index contributed by atoms with van der Waals surface area (Å²) < 4.78 is 31.3. The van der Waals surface area contributed by atoms with Crippen LogP contribution in [0.1, 0.15) is 25.0 Å². The van der Waals surface area contributed by atoms with Crippen molar-refractivity contribution in [1.29, 1.82) is 0 Å². The summed E-state index contributed by atoms with van der Waals surface area (Å²) in [6.45, 7) is 4.68. The predicted octanol–water partition coefficient (Wildman–Crippen LogP) is 34.2. The van der Waals surface area contributed by atoms with E-state index in [2.05, 4.69) is 384 Å². The van der Waals surface area contributed by atoms with Crippen molar-refractivity contribution in [2.75, 3.05) is 0 Å². The van der Waals surface area contributed by atoms with E-state index in [1.54, 1.807) is 0 Å². The van der Waals surface area contributed by atoms with Crippen LogP contribution in [0.5, 0.6) is 0 Å². The number of hydrogen-bond donors (Lipinski definition) is 0. The molecule has 11 aromatic heterocycles. The molecule has 0 spiro atoms. The van der Waals surface area contributed by atoms with Gasteiger partial charge < -0.3 is 31.5 Å². The highest BCUT2D eigenvalue weighted by atomic mass is 32.1. The van der Waals surface area contributed by atoms with E-state index in [0.29, 0.717) is 34.6 Å². The van der Waals surface area contributed by atoms with Crippen LogP contribution in [-0.4, -0.2) is 48.2 Å². The van der Waals surface area contributed by atoms with Crippen molar-refractivity contribution in [3.8, 4) is 102 Å². The molecule has 30 aromatic rings. The maximum Gasteiger partial charge on any atom is 0.231 e. The highest BCUT2D eigenvalue weighted by Crippen LogP contribution is 2.54. The number of thiophene rings is 1. The highest BCUT2D eigenvalue weighted by molar-refractivity contribution is 7.25. The molecular weight excluding hydrogens is 1770 g/mol. The van der Waals surface area contributed by atoms with Crippen LogP contribution in [0.25, 0.3) is 275 Å². The Bertz CT molecular complexity index is 10500. The Morgan fingerprint density at radius 3 is 0.958 bits per heavy atom. The second-order valence-corrected chi connectivity index (χ2v) is 38.4. The molecule has 0 amide bonds. The zero-order valence-electron chi connectivity index (χ0n) is 77.3. The average molecular weight is 1850 g/mol. The molecule has 0 saturated heterocycles. The fourth-order valence-corrected chi connectivity index (χ4v) is 23.8. The third kappa shape index (κ3) is 12.7. The number of furan rings is 3. The Morgan fingerprint density at radius 2 is 0.524 bits per heavy atom. The van der Waals surface area contributed by atoms with E-state index < -0.39 is 0 Å². The number of aromatic nitrogens is 10. The van der Waals surface area contributed by atoms with Crippen LogP contribution in [0.2, 0.25) is 0 Å². The summed E-state index contributed by atoms with van der Waals surface area (Å²) in [6.07, 6.45) is 0. The molecule has 19 aromatic carbocycles. The summed E-state index contributed by atoms with van der Waals surface area (Å²) in [6, 6.07) is 158. The minimum absolute atomic E-state index is 0.110. The van der Waals surface area contributed by atoms with Gasteiger partial charge in [-0.25, -0.2) is 15.0 Å². The number of benzene rings is 19. The first-order valence-corrected chi connectivity index (χ1v) is 49.1. The van der Waals surface area contributed by atoms with Gasteiger partial charge >= 0.3 is 0 Å². The lowest BCUT2D eigenvalue weighted by Crippen LogP contribution is -2.15. The van der Waals surface area contributed by atoms with Gasteiger partial charge in [0, 0.05) is 124 Å². The van der Waals surface area contributed by atoms with Crippen LogP contribution in [0.4, 0.5) is 0 Å². The van der Waals surface area contributed by atoms with E-state index in [9.17, 15) is 0 Å². The van der Waals surface area contributed by atoms with Crippen LogP contribution in [0.3, 0.4) is 0 Å². The van der Waals surface area contributed by atoms with Crippen LogP contribution in [0.15, 0.2) is 462 Å². The van der Waals surface area contributed by atoms with Gasteiger partial charge in [0.05, 0.1) is 94.4 Å². The van der Waals surface area contributed by atoms with Gasteiger partial charge in [0.15, 0.2) is 17.5 Å². The maximum atomic E-state index is 6.42. The van der Waals surface area contributed by atoms with E-state index in [4.69, 9.17) is 43.2 Å². The molecule has 13 nitrogen and oxygen atoms in total. The maximum absolute atomic E-state index is 6.42. The standard InChI is InChI=1S/C46H28N4O.C43H29N3O.C40H23N3OS/c1-3-15-29(16-4-1)44-43-34-22-10-14-26-42(34)51-46(43)48-45(47-44)33-21-9-13-25-39(33)50-38-24-12-8-20-32(38)36-27-35-31-19-7-11-23-37(31)49(40(35)28-41(36)50)30-17-5-2-6-18-30;1-43(2)33-20-10-6-16-27(33)31-24-32-28-17-7-11-21-35(28)46(37(32)25-34(31)43)36-22-12-8-18-29(36)41-44-40(26-14-4-3-5-15-26)39-30-19-9-13-23-38(30)47-42(39)45-41;1-2-12-24(13-3-1)38-37-28-17-6-10-20-34(28)44-40(37)42-39(41-38)27-16-5-9-19-32(27)43-31-18-8-4-14-25(31)29-22-30-26-15-7-11-21-35(26)45-36(30)23-33(29)43/h1-28H;3-25H,1-2H3;1-23H. The summed E-state index contributed by atoms with van der Waals surface area (Å²) in [7, 11) is 0. The van der Waals surface area contributed by atoms with E-state index in [1.807, 2.05) is 108 Å². The molecule has 11 heterocycles. The molecule has 14 heteroatoms. The minimum atomic E-state index is -0.110. The molecule has 0 fully saturated rings. The Labute approximate surface area is 821 Å². The zero-order valence-corrected chi connectivity index (χ0v) is 78.1. The van der Waals surface area contributed by atoms with Crippen molar-refractivity contribution in [3.05, 3.63) is 460 Å². The van der Waals surface area contributed by atoms with Gasteiger partial charge in [0.1, 0.15) is 16.7 Å². The third-order valence-corrected chi connectivity index (χ3v) is 30.2. The molecule has 143 heavy (non-hydrogen) atoms. The molecule has 1 aliphatic rings. The molecule has 0 bridgehead atoms. The van der Waals surface area contributed by atoms with Crippen molar-refractivity contribution >= 4 is 185 Å². The van der Waals surface area contributed by atoms with Gasteiger partial charge in [-0.3, -0.25) is 0 Å². The first-order valence-electron chi connectivity index (χ1n) is 48.3. The predicted molar refractivity (Wildman–Crippen MR) is 588 cm³/mol. The first-order chi connectivity index (χ1) is 70.7. The average Bonchev–Trinajstić information content (AvgIpc) is 1.55. The first kappa shape index (κ1) is 81.4. The van der Waals surface area contributed by atoms with E-state index >= 15 is 0 Å². The number of rotatable bonds is 10. The highest BCUT2D eigenvalue weighted by Gasteiger charge is 2.37. The van der Waals surface area contributed by atoms with Gasteiger partial charge in [-0.05, 0) is 156 Å². The molecule has 0 N–H and O–H groups in total. The molecule has 0 atom stereocenters. The van der Waals surface area contributed by atoms with Gasteiger partial charge in [0.2, 0.25) is 17.1 Å². The Balaban J connectivity index is 0.000000102. The molecule has 0 radical (unpaired) electrons. The van der Waals surface area contributed by atoms with Crippen LogP contribution < -0.4 is 0 Å². The SMILES string of the molecule is CC1(C)c2ccccc2-c2cc3c4ccccc4n(-c4ccccc4-c4nc(-c5ccccc5)c5c(n4)oc4ccccc45)c3cc21.c1ccc(-c2nc(-c3ccccc3-n3c4ccccc4c4cc5c(cc43)sc3ccccc35)nc3oc4ccccc4c23)cc1.c1ccc(-c2nc(-c3ccccc3-n3c4ccccc4c4cc5c6ccccc6n(-c6ccccc6)c5cc43)nc3oc4ccccc4c23)cc1. The van der Waals surface area contributed by atoms with Crippen molar-refractivity contribution < 1.29 is 13.3 Å². The van der Waals surface area contributed by atoms with Crippen LogP contribution >= 0.6 is 11.3 Å². The van der Waals surface area contributed by atoms with E-state index in [1.165, 1.54) is 96.5 Å². The van der Waals surface area contributed by atoms with Gasteiger partial charge in [-0.1, -0.05) is 329 Å². The topological polar surface area (TPSA) is 136 Å². The summed E-state index contributed by atoms with van der Waals surface area (Å²) in [4.78, 5) is 31.3. The minimum Gasteiger partial charge on any atom is -0.438 e. The largest absolute Gasteiger partial charge is 0.438 e. The lowest BCUT2D eigenvalue weighted by molar-refractivity contribution is 0.653. The molecule has 0 saturated carbocycles. The normalized spacial score (nSPS) is 12.5. The second kappa shape index (κ2) is 32.2. The smallest absolute Gasteiger partial charge is 0.231 e. The quantitative estimate of drug-likeness (QED) is 0.131. The van der Waals surface area contributed by atoms with Gasteiger partial charge in [-0.15, -0.1) is 11.3 Å². The number of fused-ring (bicyclic) bond motifs is 27. The second-order valence-electron chi connectivity index (χ2n) is 37.4.